The van der Waals surface area contributed by atoms with Gasteiger partial charge in [0.25, 0.3) is 0 Å². The molecule has 220 valence electrons. The van der Waals surface area contributed by atoms with Gasteiger partial charge in [0.15, 0.2) is 5.82 Å². The molecular weight excluding hydrogens is 520 g/mol. The summed E-state index contributed by atoms with van der Waals surface area (Å²) < 4.78 is 16.3. The first-order chi connectivity index (χ1) is 20.2. The van der Waals surface area contributed by atoms with Crippen molar-refractivity contribution in [2.75, 3.05) is 97.3 Å². The molecule has 5 rings (SSSR count). The van der Waals surface area contributed by atoms with Crippen molar-refractivity contribution in [2.45, 2.75) is 12.8 Å². The van der Waals surface area contributed by atoms with Gasteiger partial charge in [-0.3, -0.25) is 14.6 Å². The molecule has 2 aliphatic rings. The van der Waals surface area contributed by atoms with Gasteiger partial charge in [0, 0.05) is 76.3 Å². The molecule has 0 unspecified atom stereocenters. The second kappa shape index (κ2) is 15.1. The molecule has 1 N–H and O–H groups in total. The Balaban J connectivity index is 1.32. The number of methoxy groups -OCH3 is 1. The summed E-state index contributed by atoms with van der Waals surface area (Å²) in [5.41, 5.74) is 1.81. The minimum atomic E-state index is 0.0604. The molecule has 41 heavy (non-hydrogen) atoms. The Morgan fingerprint density at radius 1 is 0.902 bits per heavy atom. The highest BCUT2D eigenvalue weighted by Crippen LogP contribution is 2.29. The molecule has 0 saturated carbocycles. The van der Waals surface area contributed by atoms with Gasteiger partial charge in [-0.05, 0) is 42.8 Å². The van der Waals surface area contributed by atoms with Crippen LogP contribution in [-0.4, -0.2) is 118 Å². The van der Waals surface area contributed by atoms with Crippen molar-refractivity contribution < 1.29 is 19.0 Å². The number of nitrogens with one attached hydrogen (secondary N) is 1. The lowest BCUT2D eigenvalue weighted by molar-refractivity contribution is -0.121. The lowest BCUT2D eigenvalue weighted by atomic mass is 10.1. The molecule has 3 aromatic rings. The summed E-state index contributed by atoms with van der Waals surface area (Å²) >= 11 is 0. The number of anilines is 1. The van der Waals surface area contributed by atoms with Crippen molar-refractivity contribution in [1.82, 2.24) is 25.1 Å². The molecule has 1 aromatic heterocycles. The van der Waals surface area contributed by atoms with Gasteiger partial charge in [0.1, 0.15) is 11.6 Å². The number of fused-ring (bicyclic) bond motifs is 1. The van der Waals surface area contributed by atoms with Gasteiger partial charge in [-0.15, -0.1) is 0 Å². The highest BCUT2D eigenvalue weighted by atomic mass is 16.5. The van der Waals surface area contributed by atoms with E-state index in [1.807, 2.05) is 42.5 Å². The van der Waals surface area contributed by atoms with Crippen molar-refractivity contribution in [3.63, 3.8) is 0 Å². The van der Waals surface area contributed by atoms with Crippen molar-refractivity contribution >= 4 is 22.6 Å². The van der Waals surface area contributed by atoms with Gasteiger partial charge in [-0.25, -0.2) is 9.97 Å². The second-order valence-electron chi connectivity index (χ2n) is 10.5. The third-order valence-electron chi connectivity index (χ3n) is 7.70. The van der Waals surface area contributed by atoms with Crippen LogP contribution in [0.2, 0.25) is 0 Å². The maximum Gasteiger partial charge on any atom is 0.221 e. The zero-order chi connectivity index (χ0) is 28.3. The van der Waals surface area contributed by atoms with E-state index in [9.17, 15) is 4.79 Å². The van der Waals surface area contributed by atoms with E-state index in [2.05, 4.69) is 26.1 Å². The van der Waals surface area contributed by atoms with Gasteiger partial charge in [-0.1, -0.05) is 12.1 Å². The van der Waals surface area contributed by atoms with Gasteiger partial charge < -0.3 is 24.4 Å². The number of amides is 1. The number of para-hydroxylation sites is 1. The molecule has 2 fully saturated rings. The van der Waals surface area contributed by atoms with E-state index in [-0.39, 0.29) is 5.91 Å². The van der Waals surface area contributed by atoms with Crippen LogP contribution in [0.1, 0.15) is 12.8 Å². The molecule has 1 amide bonds. The molecule has 0 radical (unpaired) electrons. The molecule has 2 aromatic carbocycles. The number of hydrogen-bond donors (Lipinski definition) is 1. The fourth-order valence-electron chi connectivity index (χ4n) is 5.31. The number of benzene rings is 2. The molecule has 10 nitrogen and oxygen atoms in total. The Kier molecular flexibility index (Phi) is 10.7. The molecule has 2 aliphatic heterocycles. The van der Waals surface area contributed by atoms with E-state index in [0.717, 1.165) is 107 Å². The van der Waals surface area contributed by atoms with Crippen LogP contribution in [0.4, 0.5) is 5.82 Å². The van der Waals surface area contributed by atoms with Crippen LogP contribution in [0.3, 0.4) is 0 Å². The Morgan fingerprint density at radius 3 is 2.29 bits per heavy atom. The summed E-state index contributed by atoms with van der Waals surface area (Å²) in [4.78, 5) is 29.9. The quantitative estimate of drug-likeness (QED) is 0.338. The fourth-order valence-corrected chi connectivity index (χ4v) is 5.31. The maximum atomic E-state index is 12.9. The maximum absolute atomic E-state index is 12.9. The number of carbonyl (C=O) groups excluding carboxylic acids is 1. The molecule has 0 atom stereocenters. The van der Waals surface area contributed by atoms with E-state index in [1.165, 1.54) is 0 Å². The summed E-state index contributed by atoms with van der Waals surface area (Å²) in [7, 11) is 1.66. The molecule has 3 heterocycles. The van der Waals surface area contributed by atoms with Crippen molar-refractivity contribution in [1.29, 1.82) is 0 Å². The Bertz CT molecular complexity index is 1250. The number of morpholine rings is 2. The van der Waals surface area contributed by atoms with E-state index in [0.29, 0.717) is 25.3 Å². The molecule has 0 bridgehead atoms. The molecule has 2 saturated heterocycles. The highest BCUT2D eigenvalue weighted by Gasteiger charge is 2.18. The monoisotopic (exact) mass is 562 g/mol. The average molecular weight is 563 g/mol. The second-order valence-corrected chi connectivity index (χ2v) is 10.5. The number of ether oxygens (including phenoxy) is 3. The van der Waals surface area contributed by atoms with E-state index in [4.69, 9.17) is 24.2 Å². The lowest BCUT2D eigenvalue weighted by Crippen LogP contribution is -2.42. The van der Waals surface area contributed by atoms with Crippen LogP contribution in [-0.2, 0) is 14.3 Å². The summed E-state index contributed by atoms with van der Waals surface area (Å²) in [6.07, 6.45) is 1.37. The normalized spacial score (nSPS) is 16.5. The van der Waals surface area contributed by atoms with Crippen LogP contribution < -0.4 is 15.0 Å². The third kappa shape index (κ3) is 8.36. The predicted octanol–water partition coefficient (Wildman–Crippen LogP) is 2.67. The number of hydrogen-bond acceptors (Lipinski definition) is 9. The van der Waals surface area contributed by atoms with E-state index < -0.39 is 0 Å². The summed E-state index contributed by atoms with van der Waals surface area (Å²) in [5, 5.41) is 4.10. The van der Waals surface area contributed by atoms with E-state index in [1.54, 1.807) is 7.11 Å². The van der Waals surface area contributed by atoms with Gasteiger partial charge in [-0.2, -0.15) is 0 Å². The zero-order valence-electron chi connectivity index (χ0n) is 24.1. The molecule has 0 spiro atoms. The first-order valence-electron chi connectivity index (χ1n) is 14.7. The first kappa shape index (κ1) is 29.2. The summed E-state index contributed by atoms with van der Waals surface area (Å²) in [6, 6.07) is 15.9. The number of rotatable bonds is 13. The SMILES string of the molecule is COc1ccc(-c2nc(N(CCCN3CCOCC3)CCC(=O)NCCN3CCOCC3)c3ccccc3n2)cc1. The highest BCUT2D eigenvalue weighted by molar-refractivity contribution is 5.91. The standard InChI is InChI=1S/C31H42N6O4/c1-39-26-9-7-25(8-10-26)30-33-28-6-3-2-5-27(28)31(34-30)37(14-4-13-35-17-21-40-22-18-35)15-11-29(38)32-12-16-36-19-23-41-24-20-36/h2-3,5-10H,4,11-24H2,1H3,(H,32,38). The van der Waals surface area contributed by atoms with Gasteiger partial charge in [0.2, 0.25) is 5.91 Å². The minimum absolute atomic E-state index is 0.0604. The van der Waals surface area contributed by atoms with Crippen LogP contribution in [0.5, 0.6) is 5.75 Å². The van der Waals surface area contributed by atoms with E-state index >= 15 is 0 Å². The topological polar surface area (TPSA) is 92.3 Å². The Morgan fingerprint density at radius 2 is 1.59 bits per heavy atom. The van der Waals surface area contributed by atoms with Crippen molar-refractivity contribution in [3.05, 3.63) is 48.5 Å². The fraction of sp³-hybridized carbons (Fsp3) is 0.516. The summed E-state index contributed by atoms with van der Waals surface area (Å²) in [6.45, 7) is 10.7. The molecule has 0 aliphatic carbocycles. The van der Waals surface area contributed by atoms with Crippen LogP contribution in [0.15, 0.2) is 48.5 Å². The Hall–Kier alpha value is -3.31. The van der Waals surface area contributed by atoms with Crippen molar-refractivity contribution in [2.24, 2.45) is 0 Å². The molecule has 10 heteroatoms. The van der Waals surface area contributed by atoms with Crippen LogP contribution in [0, 0.1) is 0 Å². The largest absolute Gasteiger partial charge is 0.497 e. The lowest BCUT2D eigenvalue weighted by Gasteiger charge is -2.29. The first-order valence-corrected chi connectivity index (χ1v) is 14.7. The number of nitrogens with zero attached hydrogens (tertiary/aromatic N) is 5. The molecular formula is C31H42N6O4. The van der Waals surface area contributed by atoms with Crippen LogP contribution in [0.25, 0.3) is 22.3 Å². The van der Waals surface area contributed by atoms with Gasteiger partial charge in [0.05, 0.1) is 39.1 Å². The van der Waals surface area contributed by atoms with Gasteiger partial charge >= 0.3 is 0 Å². The minimum Gasteiger partial charge on any atom is -0.497 e. The number of aromatic nitrogens is 2. The third-order valence-corrected chi connectivity index (χ3v) is 7.70. The van der Waals surface area contributed by atoms with Crippen molar-refractivity contribution in [3.8, 4) is 17.1 Å². The number of carbonyl (C=O) groups is 1. The smallest absolute Gasteiger partial charge is 0.221 e. The van der Waals surface area contributed by atoms with Crippen LogP contribution >= 0.6 is 0 Å². The average Bonchev–Trinajstić information content (AvgIpc) is 3.03. The predicted molar refractivity (Wildman–Crippen MR) is 161 cm³/mol. The Labute approximate surface area is 242 Å². The zero-order valence-corrected chi connectivity index (χ0v) is 24.1. The summed E-state index contributed by atoms with van der Waals surface area (Å²) in [5.74, 6) is 2.38.